The number of aliphatic hydroxyl groups excluding tert-OH is 1. The molecule has 13 heteroatoms. The third-order valence-corrected chi connectivity index (χ3v) is 12.0. The average Bonchev–Trinajstić information content (AvgIpc) is 3.69. The van der Waals surface area contributed by atoms with Gasteiger partial charge in [0.25, 0.3) is 0 Å². The topological polar surface area (TPSA) is 173 Å². The molecule has 2 heterocycles. The number of methoxy groups -OCH3 is 1. The van der Waals surface area contributed by atoms with Crippen LogP contribution in [0.3, 0.4) is 0 Å². The Morgan fingerprint density at radius 3 is 2.61 bits per heavy atom. The van der Waals surface area contributed by atoms with Gasteiger partial charge in [0.1, 0.15) is 24.0 Å². The van der Waals surface area contributed by atoms with Gasteiger partial charge in [-0.05, 0) is 67.5 Å². The van der Waals surface area contributed by atoms with E-state index in [4.69, 9.17) is 18.9 Å². The van der Waals surface area contributed by atoms with Crippen molar-refractivity contribution in [3.8, 4) is 0 Å². The molecule has 1 aromatic heterocycles. The lowest BCUT2D eigenvalue weighted by Crippen LogP contribution is -2.65. The number of halogens is 1. The first kappa shape index (κ1) is 37.0. The van der Waals surface area contributed by atoms with Crippen molar-refractivity contribution in [1.29, 1.82) is 0 Å². The van der Waals surface area contributed by atoms with Gasteiger partial charge in [-0.3, -0.25) is 4.79 Å². The number of benzene rings is 1. The number of carbonyl (C=O) groups is 4. The summed E-state index contributed by atoms with van der Waals surface area (Å²) in [5, 5.41) is 27.0. The fraction of sp³-hybridized carbons (Fsp3) is 0.526. The van der Waals surface area contributed by atoms with Gasteiger partial charge in [0.2, 0.25) is 0 Å². The maximum atomic E-state index is 13.6. The van der Waals surface area contributed by atoms with Gasteiger partial charge in [-0.2, -0.15) is 0 Å². The normalized spacial score (nSPS) is 37.2. The molecule has 13 atom stereocenters. The zero-order valence-electron chi connectivity index (χ0n) is 29.2. The third kappa shape index (κ3) is 6.81. The number of carbonyl (C=O) groups excluding carboxylic acids is 4. The number of nitrogens with one attached hydrogen (secondary N) is 2. The summed E-state index contributed by atoms with van der Waals surface area (Å²) in [5.41, 5.74) is 0.204. The molecule has 1 aliphatic heterocycles. The van der Waals surface area contributed by atoms with Crippen LogP contribution in [-0.2, 0) is 39.9 Å². The molecule has 12 nitrogen and oxygen atoms in total. The van der Waals surface area contributed by atoms with E-state index in [1.54, 1.807) is 38.2 Å². The predicted octanol–water partition coefficient (Wildman–Crippen LogP) is 3.87. The first-order valence-corrected chi connectivity index (χ1v) is 18.1. The minimum Gasteiger partial charge on any atom is -0.457 e. The van der Waals surface area contributed by atoms with E-state index in [2.05, 4.69) is 26.2 Å². The number of cyclic esters (lactones) is 1. The number of rotatable bonds is 7. The maximum absolute atomic E-state index is 13.6. The number of amides is 1. The second-order valence-corrected chi connectivity index (χ2v) is 15.3. The highest BCUT2D eigenvalue weighted by Gasteiger charge is 2.71. The first-order valence-electron chi connectivity index (χ1n) is 17.3. The number of ether oxygens (including phenoxy) is 4. The Labute approximate surface area is 305 Å². The summed E-state index contributed by atoms with van der Waals surface area (Å²) in [4.78, 5) is 54.9. The number of aromatic amines is 1. The molecule has 0 saturated heterocycles. The molecule has 1 amide bonds. The Bertz CT molecular complexity index is 1710. The Kier molecular flexibility index (Phi) is 10.7. The number of fused-ring (bicyclic) bond motifs is 6. The van der Waals surface area contributed by atoms with Crippen LogP contribution in [0.1, 0.15) is 50.2 Å². The number of aromatic nitrogens is 1. The van der Waals surface area contributed by atoms with Crippen molar-refractivity contribution in [2.24, 2.45) is 41.4 Å². The lowest BCUT2D eigenvalue weighted by atomic mass is 9.46. The van der Waals surface area contributed by atoms with Crippen molar-refractivity contribution in [3.05, 3.63) is 82.1 Å². The Morgan fingerprint density at radius 1 is 1.16 bits per heavy atom. The third-order valence-electron chi connectivity index (χ3n) is 11.5. The highest BCUT2D eigenvalue weighted by atomic mass is 79.9. The first-order chi connectivity index (χ1) is 24.3. The fourth-order valence-corrected chi connectivity index (χ4v) is 9.38. The van der Waals surface area contributed by atoms with Crippen LogP contribution >= 0.6 is 15.9 Å². The highest BCUT2D eigenvalue weighted by molar-refractivity contribution is 9.10. The van der Waals surface area contributed by atoms with Gasteiger partial charge in [-0.1, -0.05) is 60.1 Å². The molecule has 3 aliphatic carbocycles. The van der Waals surface area contributed by atoms with Gasteiger partial charge < -0.3 is 39.5 Å². The van der Waals surface area contributed by atoms with Crippen LogP contribution in [0.2, 0.25) is 0 Å². The molecule has 2 aromatic rings. The predicted molar refractivity (Wildman–Crippen MR) is 186 cm³/mol. The van der Waals surface area contributed by atoms with E-state index in [1.165, 1.54) is 7.11 Å². The molecule has 2 saturated carbocycles. The average molecular weight is 770 g/mol. The molecule has 6 rings (SSSR count). The summed E-state index contributed by atoms with van der Waals surface area (Å²) in [6, 6.07) is 10.6. The quantitative estimate of drug-likeness (QED) is 0.140. The van der Waals surface area contributed by atoms with Crippen molar-refractivity contribution in [1.82, 2.24) is 10.3 Å². The molecular weight excluding hydrogens is 724 g/mol. The van der Waals surface area contributed by atoms with Crippen LogP contribution in [0.15, 0.2) is 70.9 Å². The van der Waals surface area contributed by atoms with E-state index >= 15 is 0 Å². The van der Waals surface area contributed by atoms with Crippen molar-refractivity contribution in [3.63, 3.8) is 0 Å². The van der Waals surface area contributed by atoms with E-state index < -0.39 is 77.7 Å². The van der Waals surface area contributed by atoms with Gasteiger partial charge in [0.05, 0.1) is 11.7 Å². The van der Waals surface area contributed by atoms with E-state index in [-0.39, 0.29) is 36.6 Å². The Hall–Kier alpha value is -3.78. The van der Waals surface area contributed by atoms with Crippen LogP contribution in [0.4, 0.5) is 0 Å². The van der Waals surface area contributed by atoms with Gasteiger partial charge in [0.15, 0.2) is 6.10 Å². The minimum atomic E-state index is -1.50. The molecule has 0 radical (unpaired) electrons. The van der Waals surface area contributed by atoms with Crippen LogP contribution in [0, 0.1) is 41.4 Å². The molecule has 4 N–H and O–H groups in total. The second kappa shape index (κ2) is 14.7. The van der Waals surface area contributed by atoms with Crippen molar-refractivity contribution < 1.29 is 48.3 Å². The van der Waals surface area contributed by atoms with Crippen molar-refractivity contribution in [2.75, 3.05) is 7.11 Å². The summed E-state index contributed by atoms with van der Waals surface area (Å²) in [6.07, 6.45) is 2.89. The standard InChI is InChI=1S/C38H45BrN2O10/c1-18-14-19(2)38(47)23(11-12-25-28-29(30(25)38)31(42)20(3)33(28)51-35(44)26-10-7-13-40-26)16-27(48-5)36(45)50-32(18)21(4)49-37(46)34(43)41-17-22-8-6-9-24(39)15-22/h6-15,18,20-21,23,25,27-33,40,42,47H,16-17H2,1-5H3,(H,41,43)/b19-14+/t18-,20-,21-,23-,25?,27+,28+,29?,30?,31-,32+,33-,38+/m1/s1. The zero-order chi connectivity index (χ0) is 36.8. The molecular formula is C38H45BrN2O10. The van der Waals surface area contributed by atoms with E-state index in [9.17, 15) is 29.4 Å². The smallest absolute Gasteiger partial charge is 0.397 e. The number of aliphatic hydroxyl groups is 2. The summed E-state index contributed by atoms with van der Waals surface area (Å²) in [6.45, 7) is 7.10. The lowest BCUT2D eigenvalue weighted by molar-refractivity contribution is -0.189. The number of esters is 3. The van der Waals surface area contributed by atoms with Gasteiger partial charge in [-0.15, -0.1) is 0 Å². The lowest BCUT2D eigenvalue weighted by Gasteiger charge is -2.61. The molecule has 0 spiro atoms. The summed E-state index contributed by atoms with van der Waals surface area (Å²) >= 11 is 3.38. The minimum absolute atomic E-state index is 0.0816. The summed E-state index contributed by atoms with van der Waals surface area (Å²) in [7, 11) is 1.39. The van der Waals surface area contributed by atoms with Crippen LogP contribution in [-0.4, -0.2) is 82.2 Å². The summed E-state index contributed by atoms with van der Waals surface area (Å²) in [5.74, 6) is -6.05. The van der Waals surface area contributed by atoms with Crippen LogP contribution in [0.5, 0.6) is 0 Å². The second-order valence-electron chi connectivity index (χ2n) is 14.4. The fourth-order valence-electron chi connectivity index (χ4n) is 8.93. The molecule has 2 fully saturated rings. The number of allylic oxidation sites excluding steroid dienone is 1. The van der Waals surface area contributed by atoms with Gasteiger partial charge >= 0.3 is 23.8 Å². The molecule has 0 bridgehead atoms. The van der Waals surface area contributed by atoms with E-state index in [0.717, 1.165) is 10.0 Å². The highest BCUT2D eigenvalue weighted by Crippen LogP contribution is 2.66. The van der Waals surface area contributed by atoms with Crippen LogP contribution in [0.25, 0.3) is 0 Å². The summed E-state index contributed by atoms with van der Waals surface area (Å²) < 4.78 is 23.9. The van der Waals surface area contributed by atoms with Gasteiger partial charge in [0, 0.05) is 53.9 Å². The molecule has 274 valence electrons. The number of hydrogen-bond acceptors (Lipinski definition) is 10. The van der Waals surface area contributed by atoms with Crippen molar-refractivity contribution >= 4 is 39.7 Å². The maximum Gasteiger partial charge on any atom is 0.397 e. The molecule has 3 unspecified atom stereocenters. The number of hydrogen-bond donors (Lipinski definition) is 4. The molecule has 51 heavy (non-hydrogen) atoms. The van der Waals surface area contributed by atoms with Crippen molar-refractivity contribution in [2.45, 2.75) is 76.8 Å². The SMILES string of the molecule is CO[C@H]1C[C@H]2C=CC3C(C4[C@H]3[C@H](OC(=O)c3ccc[nH]3)[C@H](C)[C@H]4O)[C@]2(O)/C(C)=C/[C@@H](C)[C@@H]([C@@H](C)OC(=O)C(=O)NCc2cccc(Br)c2)OC1=O. The Balaban J connectivity index is 1.23. The molecule has 4 aliphatic rings. The van der Waals surface area contributed by atoms with E-state index in [1.807, 2.05) is 50.3 Å². The Morgan fingerprint density at radius 2 is 1.92 bits per heavy atom. The monoisotopic (exact) mass is 768 g/mol. The van der Waals surface area contributed by atoms with E-state index in [0.29, 0.717) is 11.3 Å². The van der Waals surface area contributed by atoms with Gasteiger partial charge in [-0.25, -0.2) is 14.4 Å². The van der Waals surface area contributed by atoms with Crippen LogP contribution < -0.4 is 5.32 Å². The molecule has 1 aromatic carbocycles. The zero-order valence-corrected chi connectivity index (χ0v) is 30.7. The largest absolute Gasteiger partial charge is 0.457 e. The number of H-pyrrole nitrogens is 1.